The Morgan fingerprint density at radius 3 is 2.58 bits per heavy atom. The molecule has 2 aromatic rings. The van der Waals surface area contributed by atoms with Crippen LogP contribution in [-0.4, -0.2) is 13.6 Å². The number of thiophene rings is 1. The van der Waals surface area contributed by atoms with Crippen LogP contribution in [0.25, 0.3) is 10.4 Å². The molecule has 0 saturated carbocycles. The van der Waals surface area contributed by atoms with Crippen LogP contribution in [0, 0.1) is 6.92 Å². The highest BCUT2D eigenvalue weighted by atomic mass is 79.9. The number of aryl methyl sites for hydroxylation is 1. The van der Waals surface area contributed by atoms with E-state index < -0.39 is 0 Å². The molecule has 0 amide bonds. The largest absolute Gasteiger partial charge is 0.319 e. The van der Waals surface area contributed by atoms with Crippen LogP contribution in [0.5, 0.6) is 0 Å². The normalized spacial score (nSPS) is 11.8. The molecule has 1 aromatic carbocycles. The fourth-order valence-corrected chi connectivity index (χ4v) is 3.95. The minimum Gasteiger partial charge on any atom is -0.319 e. The molecule has 19 heavy (non-hydrogen) atoms. The molecule has 1 aromatic heterocycles. The van der Waals surface area contributed by atoms with Crippen LogP contribution >= 0.6 is 27.3 Å². The Labute approximate surface area is 128 Å². The van der Waals surface area contributed by atoms with Crippen LogP contribution < -0.4 is 5.32 Å². The van der Waals surface area contributed by atoms with Gasteiger partial charge in [0.25, 0.3) is 0 Å². The maximum Gasteiger partial charge on any atom is 0.0348 e. The van der Waals surface area contributed by atoms with Gasteiger partial charge in [-0.05, 0) is 49.4 Å². The Morgan fingerprint density at radius 2 is 1.95 bits per heavy atom. The van der Waals surface area contributed by atoms with E-state index >= 15 is 0 Å². The van der Waals surface area contributed by atoms with Crippen molar-refractivity contribution in [1.82, 2.24) is 5.32 Å². The zero-order valence-electron chi connectivity index (χ0n) is 11.9. The second-order valence-corrected chi connectivity index (χ2v) is 7.54. The molecule has 0 aliphatic carbocycles. The minimum absolute atomic E-state index is 0.181. The molecule has 3 heteroatoms. The third-order valence-corrected chi connectivity index (χ3v) is 5.32. The molecule has 0 radical (unpaired) electrons. The third kappa shape index (κ3) is 3.28. The lowest BCUT2D eigenvalue weighted by Gasteiger charge is -2.22. The fourth-order valence-electron chi connectivity index (χ4n) is 2.28. The van der Waals surface area contributed by atoms with Gasteiger partial charge in [-0.2, -0.15) is 0 Å². The van der Waals surface area contributed by atoms with E-state index in [-0.39, 0.29) is 5.41 Å². The molecule has 0 fully saturated rings. The summed E-state index contributed by atoms with van der Waals surface area (Å²) in [6, 6.07) is 11.0. The van der Waals surface area contributed by atoms with Crippen molar-refractivity contribution >= 4 is 27.3 Å². The molecule has 0 saturated heterocycles. The van der Waals surface area contributed by atoms with Crippen LogP contribution in [0.2, 0.25) is 0 Å². The van der Waals surface area contributed by atoms with Crippen molar-refractivity contribution in [2.24, 2.45) is 0 Å². The molecule has 1 N–H and O–H groups in total. The maximum atomic E-state index is 3.52. The molecule has 0 atom stereocenters. The number of rotatable bonds is 4. The monoisotopic (exact) mass is 337 g/mol. The van der Waals surface area contributed by atoms with Crippen molar-refractivity contribution < 1.29 is 0 Å². The summed E-state index contributed by atoms with van der Waals surface area (Å²) in [7, 11) is 2.01. The molecule has 1 heterocycles. The van der Waals surface area contributed by atoms with Crippen LogP contribution in [-0.2, 0) is 5.41 Å². The van der Waals surface area contributed by atoms with E-state index in [2.05, 4.69) is 72.3 Å². The Morgan fingerprint density at radius 1 is 1.21 bits per heavy atom. The highest BCUT2D eigenvalue weighted by molar-refractivity contribution is 9.10. The van der Waals surface area contributed by atoms with Gasteiger partial charge < -0.3 is 5.32 Å². The molecular formula is C16H20BrNS. The third-order valence-electron chi connectivity index (χ3n) is 3.35. The number of hydrogen-bond acceptors (Lipinski definition) is 2. The Hall–Kier alpha value is -0.640. The summed E-state index contributed by atoms with van der Waals surface area (Å²) in [6.45, 7) is 7.73. The van der Waals surface area contributed by atoms with Gasteiger partial charge >= 0.3 is 0 Å². The average molecular weight is 338 g/mol. The lowest BCUT2D eigenvalue weighted by atomic mass is 9.91. The summed E-state index contributed by atoms with van der Waals surface area (Å²) in [4.78, 5) is 2.78. The van der Waals surface area contributed by atoms with Gasteiger partial charge in [0.15, 0.2) is 0 Å². The molecular weight excluding hydrogens is 318 g/mol. The molecule has 0 unspecified atom stereocenters. The average Bonchev–Trinajstić information content (AvgIpc) is 2.78. The van der Waals surface area contributed by atoms with Gasteiger partial charge in [0.05, 0.1) is 0 Å². The van der Waals surface area contributed by atoms with E-state index in [1.54, 1.807) is 0 Å². The van der Waals surface area contributed by atoms with Crippen LogP contribution in [0.4, 0.5) is 0 Å². The molecule has 102 valence electrons. The highest BCUT2D eigenvalue weighted by Crippen LogP contribution is 2.36. The first-order valence-corrected chi connectivity index (χ1v) is 8.06. The lowest BCUT2D eigenvalue weighted by molar-refractivity contribution is 0.503. The van der Waals surface area contributed by atoms with E-state index in [1.807, 2.05) is 18.4 Å². The van der Waals surface area contributed by atoms with Crippen molar-refractivity contribution in [2.45, 2.75) is 26.2 Å². The van der Waals surface area contributed by atoms with Gasteiger partial charge in [-0.1, -0.05) is 35.8 Å². The van der Waals surface area contributed by atoms with Crippen molar-refractivity contribution in [2.75, 3.05) is 13.6 Å². The first-order valence-electron chi connectivity index (χ1n) is 6.45. The van der Waals surface area contributed by atoms with Crippen LogP contribution in [0.3, 0.4) is 0 Å². The Bertz CT molecular complexity index is 572. The van der Waals surface area contributed by atoms with Crippen LogP contribution in [0.15, 0.2) is 34.8 Å². The topological polar surface area (TPSA) is 12.0 Å². The van der Waals surface area contributed by atoms with Crippen molar-refractivity contribution in [3.8, 4) is 10.4 Å². The summed E-state index contributed by atoms with van der Waals surface area (Å²) in [5.41, 5.74) is 2.83. The van der Waals surface area contributed by atoms with E-state index in [1.165, 1.54) is 20.9 Å². The highest BCUT2D eigenvalue weighted by Gasteiger charge is 2.22. The molecule has 1 nitrogen and oxygen atoms in total. The first-order chi connectivity index (χ1) is 8.94. The number of nitrogens with one attached hydrogen (secondary N) is 1. The molecule has 0 aliphatic rings. The van der Waals surface area contributed by atoms with Gasteiger partial charge in [0, 0.05) is 26.2 Å². The predicted molar refractivity (Wildman–Crippen MR) is 89.1 cm³/mol. The smallest absolute Gasteiger partial charge is 0.0348 e. The second-order valence-electron chi connectivity index (χ2n) is 5.54. The Balaban J connectivity index is 2.35. The maximum absolute atomic E-state index is 3.52. The minimum atomic E-state index is 0.181. The van der Waals surface area contributed by atoms with Crippen molar-refractivity contribution in [3.63, 3.8) is 0 Å². The van der Waals surface area contributed by atoms with Crippen molar-refractivity contribution in [3.05, 3.63) is 45.2 Å². The lowest BCUT2D eigenvalue weighted by Crippen LogP contribution is -2.29. The number of likely N-dealkylation sites (N-methyl/N-ethyl adjacent to an activating group) is 1. The van der Waals surface area contributed by atoms with Gasteiger partial charge in [0.1, 0.15) is 0 Å². The fraction of sp³-hybridized carbons (Fsp3) is 0.375. The molecule has 0 aliphatic heterocycles. The summed E-state index contributed by atoms with van der Waals surface area (Å²) >= 11 is 5.42. The quantitative estimate of drug-likeness (QED) is 0.829. The van der Waals surface area contributed by atoms with Gasteiger partial charge in [-0.25, -0.2) is 0 Å². The second kappa shape index (κ2) is 5.78. The molecule has 0 bridgehead atoms. The molecule has 2 rings (SSSR count). The standard InChI is InChI=1S/C16H20BrNS/c1-11-9-12(17)5-6-13(11)14-7-8-15(19-14)16(2,3)10-18-4/h5-9,18H,10H2,1-4H3. The zero-order valence-corrected chi connectivity index (χ0v) is 14.3. The summed E-state index contributed by atoms with van der Waals surface area (Å²) < 4.78 is 1.14. The molecule has 0 spiro atoms. The summed E-state index contributed by atoms with van der Waals surface area (Å²) in [5.74, 6) is 0. The van der Waals surface area contributed by atoms with Crippen LogP contribution in [0.1, 0.15) is 24.3 Å². The van der Waals surface area contributed by atoms with E-state index in [0.29, 0.717) is 0 Å². The number of benzene rings is 1. The van der Waals surface area contributed by atoms with Gasteiger partial charge in [0.2, 0.25) is 0 Å². The van der Waals surface area contributed by atoms with E-state index in [4.69, 9.17) is 0 Å². The predicted octanol–water partition coefficient (Wildman–Crippen LogP) is 4.98. The van der Waals surface area contributed by atoms with Crippen molar-refractivity contribution in [1.29, 1.82) is 0 Å². The van der Waals surface area contributed by atoms with Gasteiger partial charge in [-0.15, -0.1) is 11.3 Å². The number of halogens is 1. The first kappa shape index (κ1) is 14.8. The SMILES string of the molecule is CNCC(C)(C)c1ccc(-c2ccc(Br)cc2C)s1. The Kier molecular flexibility index (Phi) is 4.49. The summed E-state index contributed by atoms with van der Waals surface area (Å²) in [5, 5.41) is 3.27. The van der Waals surface area contributed by atoms with Gasteiger partial charge in [-0.3, -0.25) is 0 Å². The van der Waals surface area contributed by atoms with E-state index in [0.717, 1.165) is 11.0 Å². The zero-order chi connectivity index (χ0) is 14.0. The van der Waals surface area contributed by atoms with E-state index in [9.17, 15) is 0 Å². The number of hydrogen-bond donors (Lipinski definition) is 1. The summed E-state index contributed by atoms with van der Waals surface area (Å²) in [6.07, 6.45) is 0.